The number of imide groups is 1. The molecule has 1 fully saturated rings. The van der Waals surface area contributed by atoms with E-state index in [1.54, 1.807) is 13.0 Å². The van der Waals surface area contributed by atoms with Gasteiger partial charge in [-0.3, -0.25) is 14.5 Å². The van der Waals surface area contributed by atoms with Crippen LogP contribution in [0.5, 0.6) is 0 Å². The minimum atomic E-state index is -1.28. The van der Waals surface area contributed by atoms with E-state index in [9.17, 15) is 18.8 Å². The number of nitrogens with one attached hydrogen (secondary N) is 1. The molecule has 1 aliphatic heterocycles. The summed E-state index contributed by atoms with van der Waals surface area (Å²) in [6.45, 7) is 5.17. The number of halogens is 1. The molecule has 3 rings (SSSR count). The molecule has 5 nitrogen and oxygen atoms in total. The number of aryl methyl sites for hydroxylation is 2. The van der Waals surface area contributed by atoms with Gasteiger partial charge in [0.2, 0.25) is 0 Å². The number of rotatable bonds is 5. The van der Waals surface area contributed by atoms with Crippen LogP contribution in [-0.4, -0.2) is 29.2 Å². The van der Waals surface area contributed by atoms with Crippen molar-refractivity contribution in [1.82, 2.24) is 10.2 Å². The van der Waals surface area contributed by atoms with E-state index in [-0.39, 0.29) is 18.7 Å². The number of carbonyl (C=O) groups excluding carboxylic acids is 3. The third-order valence-electron chi connectivity index (χ3n) is 5.03. The summed E-state index contributed by atoms with van der Waals surface area (Å²) >= 11 is 0. The molecule has 1 N–H and O–H groups in total. The molecule has 1 saturated heterocycles. The molecule has 1 heterocycles. The number of urea groups is 1. The molecule has 27 heavy (non-hydrogen) atoms. The molecule has 0 radical (unpaired) electrons. The number of hydrogen-bond acceptors (Lipinski definition) is 3. The molecule has 0 bridgehead atoms. The summed E-state index contributed by atoms with van der Waals surface area (Å²) in [5.41, 5.74) is 1.52. The van der Waals surface area contributed by atoms with Crippen molar-refractivity contribution < 1.29 is 18.8 Å². The zero-order valence-corrected chi connectivity index (χ0v) is 15.5. The van der Waals surface area contributed by atoms with Crippen molar-refractivity contribution in [2.24, 2.45) is 0 Å². The first-order valence-electron chi connectivity index (χ1n) is 8.79. The Morgan fingerprint density at radius 3 is 2.37 bits per heavy atom. The predicted octanol–water partition coefficient (Wildman–Crippen LogP) is 3.48. The highest BCUT2D eigenvalue weighted by atomic mass is 19.1. The van der Waals surface area contributed by atoms with Crippen LogP contribution < -0.4 is 5.32 Å². The van der Waals surface area contributed by atoms with Gasteiger partial charge in [0, 0.05) is 5.56 Å². The second-order valence-corrected chi connectivity index (χ2v) is 6.83. The molecular formula is C21H21FN2O3. The Hall–Kier alpha value is -3.02. The van der Waals surface area contributed by atoms with Crippen LogP contribution in [0.25, 0.3) is 0 Å². The van der Waals surface area contributed by atoms with E-state index in [0.717, 1.165) is 16.0 Å². The van der Waals surface area contributed by atoms with Gasteiger partial charge >= 0.3 is 6.03 Å². The van der Waals surface area contributed by atoms with Crippen LogP contribution in [0.2, 0.25) is 0 Å². The minimum Gasteiger partial charge on any atom is -0.319 e. The molecule has 6 heteroatoms. The van der Waals surface area contributed by atoms with E-state index in [1.807, 2.05) is 26.0 Å². The van der Waals surface area contributed by atoms with E-state index in [0.29, 0.717) is 11.1 Å². The smallest absolute Gasteiger partial charge is 0.319 e. The summed E-state index contributed by atoms with van der Waals surface area (Å²) in [6.07, 6.45) is 0.289. The normalized spacial score (nSPS) is 19.3. The number of nitrogens with zero attached hydrogens (tertiary/aromatic N) is 1. The minimum absolute atomic E-state index is 0.289. The van der Waals surface area contributed by atoms with Gasteiger partial charge in [-0.25, -0.2) is 9.18 Å². The maximum Gasteiger partial charge on any atom is 0.325 e. The van der Waals surface area contributed by atoms with E-state index in [4.69, 9.17) is 0 Å². The Labute approximate surface area is 157 Å². The van der Waals surface area contributed by atoms with Crippen molar-refractivity contribution in [2.75, 3.05) is 6.54 Å². The molecule has 3 amide bonds. The Morgan fingerprint density at radius 1 is 1.11 bits per heavy atom. The maximum atomic E-state index is 13.3. The summed E-state index contributed by atoms with van der Waals surface area (Å²) < 4.78 is 13.3. The largest absolute Gasteiger partial charge is 0.325 e. The molecule has 2 aromatic carbocycles. The van der Waals surface area contributed by atoms with Crippen LogP contribution in [0, 0.1) is 19.7 Å². The lowest BCUT2D eigenvalue weighted by Gasteiger charge is -2.25. The quantitative estimate of drug-likeness (QED) is 0.649. The number of Topliss-reactive ketones (excluding diaryl/α,β-unsaturated/α-hetero) is 1. The zero-order chi connectivity index (χ0) is 19.8. The first-order valence-corrected chi connectivity index (χ1v) is 8.79. The third-order valence-corrected chi connectivity index (χ3v) is 5.03. The lowest BCUT2D eigenvalue weighted by atomic mass is 9.87. The van der Waals surface area contributed by atoms with Gasteiger partial charge in [-0.1, -0.05) is 42.8 Å². The van der Waals surface area contributed by atoms with Gasteiger partial charge in [0.05, 0.1) is 6.54 Å². The molecule has 2 aromatic rings. The van der Waals surface area contributed by atoms with Crippen molar-refractivity contribution in [3.05, 3.63) is 70.5 Å². The second kappa shape index (κ2) is 6.95. The molecule has 0 aliphatic carbocycles. The van der Waals surface area contributed by atoms with Crippen LogP contribution in [0.15, 0.2) is 42.5 Å². The first kappa shape index (κ1) is 18.8. The summed E-state index contributed by atoms with van der Waals surface area (Å²) in [7, 11) is 0. The number of ketones is 1. The average molecular weight is 368 g/mol. The summed E-state index contributed by atoms with van der Waals surface area (Å²) in [4.78, 5) is 39.1. The summed E-state index contributed by atoms with van der Waals surface area (Å²) in [5, 5.41) is 2.70. The molecule has 0 spiro atoms. The monoisotopic (exact) mass is 368 g/mol. The predicted molar refractivity (Wildman–Crippen MR) is 98.9 cm³/mol. The molecule has 1 atom stereocenters. The van der Waals surface area contributed by atoms with Gasteiger partial charge < -0.3 is 5.32 Å². The highest BCUT2D eigenvalue weighted by Crippen LogP contribution is 2.32. The van der Waals surface area contributed by atoms with Gasteiger partial charge in [0.1, 0.15) is 11.4 Å². The van der Waals surface area contributed by atoms with Gasteiger partial charge in [0.15, 0.2) is 5.78 Å². The van der Waals surface area contributed by atoms with Crippen molar-refractivity contribution in [2.45, 2.75) is 32.7 Å². The zero-order valence-electron chi connectivity index (χ0n) is 15.5. The fraction of sp³-hybridized carbons (Fsp3) is 0.286. The highest BCUT2D eigenvalue weighted by molar-refractivity contribution is 6.11. The molecule has 0 saturated carbocycles. The van der Waals surface area contributed by atoms with Crippen LogP contribution in [-0.2, 0) is 10.3 Å². The molecule has 140 valence electrons. The lowest BCUT2D eigenvalue weighted by molar-refractivity contribution is -0.131. The maximum absolute atomic E-state index is 13.3. The van der Waals surface area contributed by atoms with Gasteiger partial charge in [0.25, 0.3) is 5.91 Å². The molecular weight excluding hydrogens is 347 g/mol. The number of hydrogen-bond donors (Lipinski definition) is 1. The van der Waals surface area contributed by atoms with E-state index in [1.165, 1.54) is 24.3 Å². The van der Waals surface area contributed by atoms with E-state index >= 15 is 0 Å². The second-order valence-electron chi connectivity index (χ2n) is 6.83. The van der Waals surface area contributed by atoms with Crippen molar-refractivity contribution in [1.29, 1.82) is 0 Å². The van der Waals surface area contributed by atoms with E-state index in [2.05, 4.69) is 5.32 Å². The summed E-state index contributed by atoms with van der Waals surface area (Å²) in [6, 6.07) is 10.2. The standard InChI is InChI=1S/C21H21FN2O3/c1-4-21(15-6-8-16(22)9-7-15)19(26)24(20(27)23-21)12-18(25)17-10-5-13(2)11-14(17)3/h5-11H,4,12H2,1-3H3,(H,23,27)/t21-/m1/s1. The van der Waals surface area contributed by atoms with Crippen LogP contribution in [0.4, 0.5) is 9.18 Å². The fourth-order valence-corrected chi connectivity index (χ4v) is 3.50. The number of amides is 3. The molecule has 1 aliphatic rings. The molecule has 0 unspecified atom stereocenters. The van der Waals surface area contributed by atoms with Crippen LogP contribution >= 0.6 is 0 Å². The van der Waals surface area contributed by atoms with Gasteiger partial charge in [-0.05, 0) is 43.5 Å². The topological polar surface area (TPSA) is 66.5 Å². The molecule has 0 aromatic heterocycles. The van der Waals surface area contributed by atoms with E-state index < -0.39 is 23.3 Å². The number of benzene rings is 2. The van der Waals surface area contributed by atoms with Crippen LogP contribution in [0.1, 0.15) is 40.4 Å². The van der Waals surface area contributed by atoms with Crippen LogP contribution in [0.3, 0.4) is 0 Å². The number of carbonyl (C=O) groups is 3. The van der Waals surface area contributed by atoms with Gasteiger partial charge in [-0.15, -0.1) is 0 Å². The Kier molecular flexibility index (Phi) is 4.83. The Balaban J connectivity index is 1.89. The third kappa shape index (κ3) is 3.23. The Morgan fingerprint density at radius 2 is 1.78 bits per heavy atom. The Bertz CT molecular complexity index is 924. The van der Waals surface area contributed by atoms with Crippen molar-refractivity contribution >= 4 is 17.7 Å². The van der Waals surface area contributed by atoms with Gasteiger partial charge in [-0.2, -0.15) is 0 Å². The lowest BCUT2D eigenvalue weighted by Crippen LogP contribution is -2.43. The first-order chi connectivity index (χ1) is 12.8. The average Bonchev–Trinajstić information content (AvgIpc) is 2.87. The SMILES string of the molecule is CC[C@]1(c2ccc(F)cc2)NC(=O)N(CC(=O)c2ccc(C)cc2C)C1=O. The summed E-state index contributed by atoms with van der Waals surface area (Å²) in [5.74, 6) is -1.23. The highest BCUT2D eigenvalue weighted by Gasteiger charge is 2.51. The van der Waals surface area contributed by atoms with Crippen molar-refractivity contribution in [3.63, 3.8) is 0 Å². The van der Waals surface area contributed by atoms with Crippen molar-refractivity contribution in [3.8, 4) is 0 Å². The fourth-order valence-electron chi connectivity index (χ4n) is 3.50.